The number of benzene rings is 1. The molecule has 0 aliphatic rings. The van der Waals surface area contributed by atoms with Crippen LogP contribution in [0, 0.1) is 0 Å². The van der Waals surface area contributed by atoms with Gasteiger partial charge >= 0.3 is 1.43 Å². The molecule has 0 amide bonds. The summed E-state index contributed by atoms with van der Waals surface area (Å²) >= 11 is 0. The second kappa shape index (κ2) is 6.18. The van der Waals surface area contributed by atoms with Gasteiger partial charge in [-0.15, -0.1) is 0 Å². The van der Waals surface area contributed by atoms with Crippen LogP contribution in [0.5, 0.6) is 0 Å². The fraction of sp³-hybridized carbons (Fsp3) is 0.100. The Morgan fingerprint density at radius 3 is 1.38 bits per heavy atom. The van der Waals surface area contributed by atoms with Gasteiger partial charge in [-0.2, -0.15) is 0 Å². The predicted molar refractivity (Wildman–Crippen MR) is 46.9 cm³/mol. The molecule has 0 atom stereocenters. The molecule has 0 aliphatic carbocycles. The molecule has 0 radical (unpaired) electrons. The zero-order valence-electron chi connectivity index (χ0n) is 9.26. The Hall–Kier alpha value is -2.37. The predicted octanol–water partition coefficient (Wildman–Crippen LogP) is -2.72. The average Bonchev–Trinajstić information content (AvgIpc) is 2.16. The van der Waals surface area contributed by atoms with E-state index in [0.717, 1.165) is 19.1 Å². The highest BCUT2D eigenvalue weighted by Gasteiger charge is 2.01. The molecule has 0 aromatic heterocycles. The minimum atomic E-state index is -1.52. The Balaban J connectivity index is 0. The van der Waals surface area contributed by atoms with Crippen molar-refractivity contribution in [3.05, 3.63) is 35.4 Å². The number of carboxylic acid groups (broad SMARTS) is 3. The molecule has 0 unspecified atom stereocenters. The van der Waals surface area contributed by atoms with Crippen molar-refractivity contribution in [2.24, 2.45) is 0 Å². The molecule has 6 heteroatoms. The van der Waals surface area contributed by atoms with Crippen LogP contribution in [0.25, 0.3) is 0 Å². The lowest BCUT2D eigenvalue weighted by Crippen LogP contribution is -2.29. The van der Waals surface area contributed by atoms with Crippen LogP contribution in [0.3, 0.4) is 0 Å². The molecule has 0 N–H and O–H groups in total. The third kappa shape index (κ3) is 4.75. The normalized spacial score (nSPS) is 8.56. The highest BCUT2D eigenvalue weighted by atomic mass is 16.4. The zero-order chi connectivity index (χ0) is 12.7. The van der Waals surface area contributed by atoms with E-state index in [1.54, 1.807) is 0 Å². The summed E-state index contributed by atoms with van der Waals surface area (Å²) in [6.45, 7) is 0.972. The van der Waals surface area contributed by atoms with Gasteiger partial charge in [0, 0.05) is 17.1 Å². The van der Waals surface area contributed by atoms with E-state index >= 15 is 0 Å². The Labute approximate surface area is 92.2 Å². The van der Waals surface area contributed by atoms with Crippen LogP contribution in [0.4, 0.5) is 0 Å². The quantitative estimate of drug-likeness (QED) is 0.538. The average molecular weight is 224 g/mol. The third-order valence-corrected chi connectivity index (χ3v) is 1.37. The van der Waals surface area contributed by atoms with E-state index in [1.165, 1.54) is 12.1 Å². The van der Waals surface area contributed by atoms with Crippen LogP contribution < -0.4 is 15.3 Å². The number of carbonyl (C=O) groups excluding carboxylic acids is 3. The molecule has 6 nitrogen and oxygen atoms in total. The SMILES string of the molecule is CC(=O)[O-].O=C([O-])c1ccccc1C(=O)[O-].[H+]. The van der Waals surface area contributed by atoms with Gasteiger partial charge in [0.2, 0.25) is 0 Å². The molecule has 1 aromatic rings. The van der Waals surface area contributed by atoms with Crippen LogP contribution in [-0.2, 0) is 4.79 Å². The third-order valence-electron chi connectivity index (χ3n) is 1.37. The second-order valence-electron chi connectivity index (χ2n) is 2.61. The summed E-state index contributed by atoms with van der Waals surface area (Å²) in [6.07, 6.45) is 0. The van der Waals surface area contributed by atoms with Gasteiger partial charge in [-0.1, -0.05) is 24.3 Å². The van der Waals surface area contributed by atoms with Gasteiger partial charge in [0.15, 0.2) is 0 Å². The zero-order valence-corrected chi connectivity index (χ0v) is 8.26. The molecule has 86 valence electrons. The Kier molecular flexibility index (Phi) is 5.26. The topological polar surface area (TPSA) is 120 Å². The first kappa shape index (κ1) is 13.6. The largest absolute Gasteiger partial charge is 1.00 e. The van der Waals surface area contributed by atoms with E-state index in [-0.39, 0.29) is 12.6 Å². The van der Waals surface area contributed by atoms with Crippen molar-refractivity contribution < 1.29 is 31.1 Å². The molecule has 0 saturated heterocycles. The maximum Gasteiger partial charge on any atom is 1.00 e. The molecule has 0 spiro atoms. The first-order valence-electron chi connectivity index (χ1n) is 4.05. The standard InChI is InChI=1S/C8H6O4.C2H4O2/c9-7(10)5-3-1-2-4-6(5)8(11)12;1-2(3)4/h1-4H,(H,9,10)(H,11,12);1H3,(H,3,4)/p-2. The molecule has 1 rings (SSSR count). The molecule has 0 saturated carbocycles. The van der Waals surface area contributed by atoms with Gasteiger partial charge in [0.25, 0.3) is 0 Å². The van der Waals surface area contributed by atoms with Crippen molar-refractivity contribution in [2.75, 3.05) is 0 Å². The number of carboxylic acids is 3. The minimum absolute atomic E-state index is 0. The first-order valence-corrected chi connectivity index (χ1v) is 4.05. The maximum absolute atomic E-state index is 10.3. The molecular weight excluding hydrogens is 216 g/mol. The monoisotopic (exact) mass is 224 g/mol. The Morgan fingerprint density at radius 1 is 0.938 bits per heavy atom. The number of aliphatic carboxylic acids is 1. The first-order chi connectivity index (χ1) is 7.36. The Morgan fingerprint density at radius 2 is 1.19 bits per heavy atom. The van der Waals surface area contributed by atoms with Crippen molar-refractivity contribution in [2.45, 2.75) is 6.92 Å². The van der Waals surface area contributed by atoms with Crippen LogP contribution >= 0.6 is 0 Å². The number of carbonyl (C=O) groups is 3. The van der Waals surface area contributed by atoms with Crippen molar-refractivity contribution in [1.29, 1.82) is 0 Å². The van der Waals surface area contributed by atoms with E-state index in [2.05, 4.69) is 0 Å². The van der Waals surface area contributed by atoms with Crippen LogP contribution in [-0.4, -0.2) is 17.9 Å². The molecular formula is C10H8O6-2. The summed E-state index contributed by atoms with van der Waals surface area (Å²) in [7, 11) is 0. The summed E-state index contributed by atoms with van der Waals surface area (Å²) in [5.74, 6) is -4.12. The Bertz CT molecular complexity index is 378. The summed E-state index contributed by atoms with van der Waals surface area (Å²) in [5.41, 5.74) is -0.727. The fourth-order valence-corrected chi connectivity index (χ4v) is 0.839. The van der Waals surface area contributed by atoms with Crippen LogP contribution in [0.2, 0.25) is 0 Å². The van der Waals surface area contributed by atoms with E-state index < -0.39 is 17.9 Å². The summed E-state index contributed by atoms with van der Waals surface area (Å²) < 4.78 is 0. The van der Waals surface area contributed by atoms with E-state index in [4.69, 9.17) is 9.90 Å². The number of rotatable bonds is 2. The van der Waals surface area contributed by atoms with Gasteiger partial charge in [-0.25, -0.2) is 0 Å². The lowest BCUT2D eigenvalue weighted by atomic mass is 10.1. The van der Waals surface area contributed by atoms with Gasteiger partial charge < -0.3 is 29.7 Å². The van der Waals surface area contributed by atoms with Crippen molar-refractivity contribution in [1.82, 2.24) is 0 Å². The van der Waals surface area contributed by atoms with Crippen LogP contribution in [0.1, 0.15) is 29.1 Å². The van der Waals surface area contributed by atoms with E-state index in [1.807, 2.05) is 0 Å². The van der Waals surface area contributed by atoms with E-state index in [9.17, 15) is 19.8 Å². The highest BCUT2D eigenvalue weighted by molar-refractivity contribution is 5.99. The van der Waals surface area contributed by atoms with Gasteiger partial charge in [-0.05, 0) is 6.92 Å². The second-order valence-corrected chi connectivity index (χ2v) is 2.61. The van der Waals surface area contributed by atoms with Crippen molar-refractivity contribution in [3.63, 3.8) is 0 Å². The summed E-state index contributed by atoms with van der Waals surface area (Å²) in [5, 5.41) is 29.5. The number of aromatic carboxylic acids is 2. The van der Waals surface area contributed by atoms with Gasteiger partial charge in [0.05, 0.1) is 11.9 Å². The smallest absolute Gasteiger partial charge is 0.550 e. The molecule has 16 heavy (non-hydrogen) atoms. The van der Waals surface area contributed by atoms with E-state index in [0.29, 0.717) is 0 Å². The molecule has 0 fully saturated rings. The maximum atomic E-state index is 10.3. The molecule has 0 aliphatic heterocycles. The lowest BCUT2D eigenvalue weighted by Gasteiger charge is -2.09. The molecule has 1 aromatic carbocycles. The minimum Gasteiger partial charge on any atom is -0.550 e. The summed E-state index contributed by atoms with van der Waals surface area (Å²) in [6, 6.07) is 5.14. The molecule has 0 bridgehead atoms. The van der Waals surface area contributed by atoms with Crippen LogP contribution in [0.15, 0.2) is 24.3 Å². The summed E-state index contributed by atoms with van der Waals surface area (Å²) in [4.78, 5) is 29.5. The lowest BCUT2D eigenvalue weighted by molar-refractivity contribution is -0.302. The highest BCUT2D eigenvalue weighted by Crippen LogP contribution is 2.05. The molecule has 0 heterocycles. The van der Waals surface area contributed by atoms with Gasteiger partial charge in [0.1, 0.15) is 0 Å². The van der Waals surface area contributed by atoms with Crippen molar-refractivity contribution in [3.8, 4) is 0 Å². The van der Waals surface area contributed by atoms with Crippen molar-refractivity contribution >= 4 is 17.9 Å². The fourth-order valence-electron chi connectivity index (χ4n) is 0.839. The number of hydrogen-bond donors (Lipinski definition) is 0. The number of hydrogen-bond acceptors (Lipinski definition) is 6. The van der Waals surface area contributed by atoms with Gasteiger partial charge in [-0.3, -0.25) is 0 Å².